The monoisotopic (exact) mass is 342 g/mol. The van der Waals surface area contributed by atoms with Crippen LogP contribution in [0.1, 0.15) is 29.8 Å². The predicted molar refractivity (Wildman–Crippen MR) is 102 cm³/mol. The maximum atomic E-state index is 12.5. The standard InChI is InChI=1S/C19H22N2O2S/c1-13(2)12-23-17-10-5-4-9-16(17)18(22)21-19(24)20-15-8-6-7-14(3)11-15/h4-11,13H,12H2,1-3H3,(H2,20,21,22,24). The highest BCUT2D eigenvalue weighted by Gasteiger charge is 2.14. The van der Waals surface area contributed by atoms with Crippen LogP contribution in [0.25, 0.3) is 0 Å². The number of ether oxygens (including phenoxy) is 1. The van der Waals surface area contributed by atoms with E-state index in [2.05, 4.69) is 24.5 Å². The number of thiocarbonyl (C=S) groups is 1. The first-order chi connectivity index (χ1) is 11.5. The first-order valence-electron chi connectivity index (χ1n) is 7.86. The summed E-state index contributed by atoms with van der Waals surface area (Å²) in [6, 6.07) is 14.9. The fraction of sp³-hybridized carbons (Fsp3) is 0.263. The van der Waals surface area contributed by atoms with Gasteiger partial charge in [0.15, 0.2) is 5.11 Å². The van der Waals surface area contributed by atoms with Crippen LogP contribution in [0.2, 0.25) is 0 Å². The molecule has 4 nitrogen and oxygen atoms in total. The van der Waals surface area contributed by atoms with Crippen molar-refractivity contribution in [2.45, 2.75) is 20.8 Å². The molecule has 0 atom stereocenters. The summed E-state index contributed by atoms with van der Waals surface area (Å²) in [5.41, 5.74) is 2.41. The Bertz CT molecular complexity index is 729. The minimum Gasteiger partial charge on any atom is -0.492 e. The Hall–Kier alpha value is -2.40. The van der Waals surface area contributed by atoms with E-state index in [1.54, 1.807) is 18.2 Å². The summed E-state index contributed by atoms with van der Waals surface area (Å²) in [6.45, 7) is 6.67. The van der Waals surface area contributed by atoms with Gasteiger partial charge in [0.05, 0.1) is 12.2 Å². The maximum Gasteiger partial charge on any atom is 0.261 e. The lowest BCUT2D eigenvalue weighted by Crippen LogP contribution is -2.34. The predicted octanol–water partition coefficient (Wildman–Crippen LogP) is 4.16. The van der Waals surface area contributed by atoms with E-state index in [1.165, 1.54) is 0 Å². The third-order valence-corrected chi connectivity index (χ3v) is 3.41. The molecular weight excluding hydrogens is 320 g/mol. The second-order valence-electron chi connectivity index (χ2n) is 5.98. The lowest BCUT2D eigenvalue weighted by Gasteiger charge is -2.14. The second kappa shape index (κ2) is 8.45. The largest absolute Gasteiger partial charge is 0.492 e. The third-order valence-electron chi connectivity index (χ3n) is 3.21. The van der Waals surface area contributed by atoms with E-state index in [0.29, 0.717) is 23.8 Å². The van der Waals surface area contributed by atoms with E-state index < -0.39 is 0 Å². The average molecular weight is 342 g/mol. The molecule has 0 aliphatic carbocycles. The molecule has 0 aliphatic rings. The van der Waals surface area contributed by atoms with E-state index in [9.17, 15) is 4.79 Å². The molecule has 0 saturated heterocycles. The number of aryl methyl sites for hydroxylation is 1. The highest BCUT2D eigenvalue weighted by molar-refractivity contribution is 7.80. The summed E-state index contributed by atoms with van der Waals surface area (Å²) in [7, 11) is 0. The SMILES string of the molecule is Cc1cccc(NC(=S)NC(=O)c2ccccc2OCC(C)C)c1. The van der Waals surface area contributed by atoms with Crippen LogP contribution in [-0.4, -0.2) is 17.6 Å². The van der Waals surface area contributed by atoms with Gasteiger partial charge in [0.1, 0.15) is 5.75 Å². The maximum absolute atomic E-state index is 12.5. The number of rotatable bonds is 5. The first-order valence-corrected chi connectivity index (χ1v) is 8.27. The molecule has 0 aromatic heterocycles. The molecule has 1 amide bonds. The van der Waals surface area contributed by atoms with Crippen molar-refractivity contribution in [2.75, 3.05) is 11.9 Å². The molecule has 24 heavy (non-hydrogen) atoms. The number of benzene rings is 2. The van der Waals surface area contributed by atoms with Gasteiger partial charge in [0, 0.05) is 5.69 Å². The van der Waals surface area contributed by atoms with E-state index >= 15 is 0 Å². The van der Waals surface area contributed by atoms with Crippen LogP contribution >= 0.6 is 12.2 Å². The van der Waals surface area contributed by atoms with E-state index in [1.807, 2.05) is 37.3 Å². The summed E-state index contributed by atoms with van der Waals surface area (Å²) in [4.78, 5) is 12.5. The van der Waals surface area contributed by atoms with Gasteiger partial charge in [-0.1, -0.05) is 38.1 Å². The third kappa shape index (κ3) is 5.35. The molecule has 0 fully saturated rings. The van der Waals surface area contributed by atoms with Gasteiger partial charge in [-0.2, -0.15) is 0 Å². The number of carbonyl (C=O) groups is 1. The number of amides is 1. The zero-order valence-electron chi connectivity index (χ0n) is 14.1. The molecule has 126 valence electrons. The number of hydrogen-bond acceptors (Lipinski definition) is 3. The van der Waals surface area contributed by atoms with Crippen molar-refractivity contribution >= 4 is 28.9 Å². The highest BCUT2D eigenvalue weighted by Crippen LogP contribution is 2.18. The van der Waals surface area contributed by atoms with Gasteiger partial charge in [0.2, 0.25) is 0 Å². The Balaban J connectivity index is 2.02. The average Bonchev–Trinajstić information content (AvgIpc) is 2.53. The van der Waals surface area contributed by atoms with Gasteiger partial charge in [-0.25, -0.2) is 0 Å². The van der Waals surface area contributed by atoms with E-state index in [-0.39, 0.29) is 11.0 Å². The van der Waals surface area contributed by atoms with Crippen LogP contribution < -0.4 is 15.4 Å². The Kier molecular flexibility index (Phi) is 6.32. The highest BCUT2D eigenvalue weighted by atomic mass is 32.1. The van der Waals surface area contributed by atoms with Crippen LogP contribution in [-0.2, 0) is 0 Å². The molecular formula is C19H22N2O2S. The van der Waals surface area contributed by atoms with Gasteiger partial charge < -0.3 is 10.1 Å². The molecule has 2 N–H and O–H groups in total. The summed E-state index contributed by atoms with van der Waals surface area (Å²) in [6.07, 6.45) is 0. The molecule has 5 heteroatoms. The van der Waals surface area contributed by atoms with Crippen LogP contribution in [0.4, 0.5) is 5.69 Å². The Labute approximate surface area is 148 Å². The van der Waals surface area contributed by atoms with Crippen LogP contribution in [0.3, 0.4) is 0 Å². The molecule has 0 spiro atoms. The smallest absolute Gasteiger partial charge is 0.261 e. The Morgan fingerprint density at radius 2 is 1.92 bits per heavy atom. The molecule has 2 aromatic carbocycles. The Morgan fingerprint density at radius 1 is 1.17 bits per heavy atom. The Morgan fingerprint density at radius 3 is 2.62 bits per heavy atom. The molecule has 0 bridgehead atoms. The summed E-state index contributed by atoms with van der Waals surface area (Å²) < 4.78 is 5.71. The normalized spacial score (nSPS) is 10.3. The van der Waals surface area contributed by atoms with E-state index in [0.717, 1.165) is 11.3 Å². The summed E-state index contributed by atoms with van der Waals surface area (Å²) in [5, 5.41) is 5.96. The molecule has 0 aliphatic heterocycles. The minimum absolute atomic E-state index is 0.254. The molecule has 2 rings (SSSR count). The van der Waals surface area contributed by atoms with Gasteiger partial charge in [-0.15, -0.1) is 0 Å². The molecule has 0 radical (unpaired) electrons. The number of para-hydroxylation sites is 1. The van der Waals surface area contributed by atoms with Crippen LogP contribution in [0, 0.1) is 12.8 Å². The zero-order valence-corrected chi connectivity index (χ0v) is 14.9. The molecule has 2 aromatic rings. The number of anilines is 1. The lowest BCUT2D eigenvalue weighted by atomic mass is 10.2. The molecule has 0 unspecified atom stereocenters. The fourth-order valence-electron chi connectivity index (χ4n) is 2.09. The fourth-order valence-corrected chi connectivity index (χ4v) is 2.30. The number of nitrogens with one attached hydrogen (secondary N) is 2. The van der Waals surface area contributed by atoms with Crippen molar-refractivity contribution in [3.8, 4) is 5.75 Å². The van der Waals surface area contributed by atoms with Gasteiger partial charge in [0.25, 0.3) is 5.91 Å². The van der Waals surface area contributed by atoms with E-state index in [4.69, 9.17) is 17.0 Å². The molecule has 0 saturated carbocycles. The van der Waals surface area contributed by atoms with Crippen molar-refractivity contribution in [1.29, 1.82) is 0 Å². The van der Waals surface area contributed by atoms with Gasteiger partial charge in [-0.05, 0) is 54.9 Å². The quantitative estimate of drug-likeness (QED) is 0.801. The van der Waals surface area contributed by atoms with Crippen molar-refractivity contribution in [3.05, 3.63) is 59.7 Å². The van der Waals surface area contributed by atoms with Crippen molar-refractivity contribution in [3.63, 3.8) is 0 Å². The topological polar surface area (TPSA) is 50.4 Å². The molecule has 0 heterocycles. The van der Waals surface area contributed by atoms with Crippen molar-refractivity contribution in [2.24, 2.45) is 5.92 Å². The van der Waals surface area contributed by atoms with Crippen molar-refractivity contribution < 1.29 is 9.53 Å². The summed E-state index contributed by atoms with van der Waals surface area (Å²) >= 11 is 5.22. The number of carbonyl (C=O) groups excluding carboxylic acids is 1. The van der Waals surface area contributed by atoms with Gasteiger partial charge >= 0.3 is 0 Å². The minimum atomic E-state index is -0.292. The van der Waals surface area contributed by atoms with Crippen molar-refractivity contribution in [1.82, 2.24) is 5.32 Å². The lowest BCUT2D eigenvalue weighted by molar-refractivity contribution is 0.0973. The zero-order chi connectivity index (χ0) is 17.5. The van der Waals surface area contributed by atoms with Crippen LogP contribution in [0.15, 0.2) is 48.5 Å². The first kappa shape index (κ1) is 17.9. The number of hydrogen-bond donors (Lipinski definition) is 2. The second-order valence-corrected chi connectivity index (χ2v) is 6.39. The summed E-state index contributed by atoms with van der Waals surface area (Å²) in [5.74, 6) is 0.645. The van der Waals surface area contributed by atoms with Gasteiger partial charge in [-0.3, -0.25) is 10.1 Å². The van der Waals surface area contributed by atoms with Crippen LogP contribution in [0.5, 0.6) is 5.75 Å².